The van der Waals surface area contributed by atoms with Crippen molar-refractivity contribution < 1.29 is 23.9 Å². The van der Waals surface area contributed by atoms with Crippen LogP contribution < -0.4 is 0 Å². The summed E-state index contributed by atoms with van der Waals surface area (Å²) in [5, 5.41) is 12.3. The van der Waals surface area contributed by atoms with Crippen LogP contribution in [0.15, 0.2) is 4.52 Å². The summed E-state index contributed by atoms with van der Waals surface area (Å²) >= 11 is 0. The second-order valence-corrected chi connectivity index (χ2v) is 4.08. The number of aliphatic carboxylic acids is 1. The number of nitrogens with zero attached hydrogens (tertiary/aromatic N) is 2. The molecule has 0 spiro atoms. The molecule has 1 saturated heterocycles. The quantitative estimate of drug-likeness (QED) is 0.757. The number of aryl methyl sites for hydroxylation is 1. The zero-order valence-corrected chi connectivity index (χ0v) is 10.0. The van der Waals surface area contributed by atoms with E-state index in [0.717, 1.165) is 6.42 Å². The van der Waals surface area contributed by atoms with E-state index in [-0.39, 0.29) is 12.5 Å². The number of hydrogen-bond acceptors (Lipinski definition) is 6. The van der Waals surface area contributed by atoms with E-state index in [9.17, 15) is 4.79 Å². The Labute approximate surface area is 104 Å². The van der Waals surface area contributed by atoms with E-state index in [1.165, 1.54) is 0 Å². The fourth-order valence-corrected chi connectivity index (χ4v) is 1.69. The van der Waals surface area contributed by atoms with Crippen LogP contribution in [-0.2, 0) is 20.7 Å². The molecule has 1 fully saturated rings. The summed E-state index contributed by atoms with van der Waals surface area (Å²) < 4.78 is 15.8. The molecule has 1 aliphatic heterocycles. The topological polar surface area (TPSA) is 94.7 Å². The minimum absolute atomic E-state index is 0.167. The van der Waals surface area contributed by atoms with E-state index in [2.05, 4.69) is 10.1 Å². The summed E-state index contributed by atoms with van der Waals surface area (Å²) in [5.74, 6) is 0.237. The molecule has 1 atom stereocenters. The van der Waals surface area contributed by atoms with Gasteiger partial charge >= 0.3 is 5.97 Å². The summed E-state index contributed by atoms with van der Waals surface area (Å²) in [4.78, 5) is 14.6. The van der Waals surface area contributed by atoms with Gasteiger partial charge in [0.25, 0.3) is 0 Å². The van der Waals surface area contributed by atoms with E-state index >= 15 is 0 Å². The molecule has 1 aromatic heterocycles. The van der Waals surface area contributed by atoms with Gasteiger partial charge in [-0.1, -0.05) is 5.16 Å². The number of carbonyl (C=O) groups is 1. The maximum Gasteiger partial charge on any atom is 0.303 e. The molecule has 0 aliphatic carbocycles. The van der Waals surface area contributed by atoms with Crippen molar-refractivity contribution in [1.82, 2.24) is 10.1 Å². The predicted molar refractivity (Wildman–Crippen MR) is 59.0 cm³/mol. The molecule has 0 saturated carbocycles. The van der Waals surface area contributed by atoms with Crippen molar-refractivity contribution >= 4 is 5.97 Å². The summed E-state index contributed by atoms with van der Waals surface area (Å²) in [6, 6.07) is 0. The van der Waals surface area contributed by atoms with Gasteiger partial charge in [-0.15, -0.1) is 0 Å². The number of unbranched alkanes of at least 4 members (excludes halogenated alkanes) is 1. The molecule has 0 bridgehead atoms. The normalized spacial score (nSPS) is 19.9. The van der Waals surface area contributed by atoms with Crippen LogP contribution >= 0.6 is 0 Å². The molecule has 1 aliphatic rings. The summed E-state index contributed by atoms with van der Waals surface area (Å²) in [6.07, 6.45) is 1.83. The van der Waals surface area contributed by atoms with Crippen molar-refractivity contribution in [1.29, 1.82) is 0 Å². The predicted octanol–water partition coefficient (Wildman–Crippen LogP) is 0.955. The van der Waals surface area contributed by atoms with Crippen molar-refractivity contribution in [2.75, 3.05) is 19.8 Å². The molecule has 1 unspecified atom stereocenters. The van der Waals surface area contributed by atoms with Gasteiger partial charge in [0.1, 0.15) is 6.10 Å². The first-order valence-corrected chi connectivity index (χ1v) is 5.99. The van der Waals surface area contributed by atoms with Crippen molar-refractivity contribution in [2.45, 2.75) is 31.8 Å². The first-order valence-electron chi connectivity index (χ1n) is 5.99. The van der Waals surface area contributed by atoms with Crippen LogP contribution in [0.5, 0.6) is 0 Å². The van der Waals surface area contributed by atoms with Gasteiger partial charge in [-0.2, -0.15) is 4.98 Å². The van der Waals surface area contributed by atoms with Crippen molar-refractivity contribution in [3.63, 3.8) is 0 Å². The fraction of sp³-hybridized carbons (Fsp3) is 0.727. The molecule has 2 rings (SSSR count). The first-order chi connectivity index (χ1) is 8.75. The zero-order chi connectivity index (χ0) is 12.8. The highest BCUT2D eigenvalue weighted by Crippen LogP contribution is 2.18. The van der Waals surface area contributed by atoms with Gasteiger partial charge in [-0.3, -0.25) is 4.79 Å². The number of aromatic nitrogens is 2. The molecule has 0 radical (unpaired) electrons. The first kappa shape index (κ1) is 13.0. The Morgan fingerprint density at radius 2 is 2.28 bits per heavy atom. The van der Waals surface area contributed by atoms with E-state index in [4.69, 9.17) is 19.1 Å². The molecule has 2 heterocycles. The van der Waals surface area contributed by atoms with Crippen LogP contribution in [0, 0.1) is 0 Å². The summed E-state index contributed by atoms with van der Waals surface area (Å²) in [6.45, 7) is 1.57. The minimum Gasteiger partial charge on any atom is -0.481 e. The third-order valence-electron chi connectivity index (χ3n) is 2.62. The number of ether oxygens (including phenoxy) is 2. The average molecular weight is 256 g/mol. The fourth-order valence-electron chi connectivity index (χ4n) is 1.69. The SMILES string of the molecule is O=C(O)CCCCc1nc(C2COCCO2)no1. The number of carboxylic acids is 1. The van der Waals surface area contributed by atoms with Crippen LogP contribution in [0.25, 0.3) is 0 Å². The third kappa shape index (κ3) is 3.78. The van der Waals surface area contributed by atoms with Gasteiger partial charge in [-0.05, 0) is 12.8 Å². The standard InChI is InChI=1S/C11H16N2O5/c14-10(15)4-2-1-3-9-12-11(13-18-9)8-7-16-5-6-17-8/h8H,1-7H2,(H,14,15). The molecule has 0 amide bonds. The van der Waals surface area contributed by atoms with Gasteiger partial charge in [0.05, 0.1) is 19.8 Å². The summed E-state index contributed by atoms with van der Waals surface area (Å²) in [5.41, 5.74) is 0. The molecular weight excluding hydrogens is 240 g/mol. The van der Waals surface area contributed by atoms with Gasteiger partial charge < -0.3 is 19.1 Å². The molecule has 7 heteroatoms. The molecule has 1 N–H and O–H groups in total. The van der Waals surface area contributed by atoms with Crippen molar-refractivity contribution in [2.24, 2.45) is 0 Å². The molecule has 0 aromatic carbocycles. The lowest BCUT2D eigenvalue weighted by atomic mass is 10.2. The molecule has 7 nitrogen and oxygen atoms in total. The lowest BCUT2D eigenvalue weighted by molar-refractivity contribution is -0.137. The Morgan fingerprint density at radius 3 is 3.00 bits per heavy atom. The van der Waals surface area contributed by atoms with Crippen LogP contribution in [0.2, 0.25) is 0 Å². The number of rotatable bonds is 6. The largest absolute Gasteiger partial charge is 0.481 e. The van der Waals surface area contributed by atoms with Crippen molar-refractivity contribution in [3.8, 4) is 0 Å². The number of hydrogen-bond donors (Lipinski definition) is 1. The zero-order valence-electron chi connectivity index (χ0n) is 10.0. The Hall–Kier alpha value is -1.47. The second kappa shape index (κ2) is 6.46. The maximum atomic E-state index is 10.3. The highest BCUT2D eigenvalue weighted by atomic mass is 16.6. The van der Waals surface area contributed by atoms with Gasteiger partial charge in [0.15, 0.2) is 0 Å². The molecular formula is C11H16N2O5. The summed E-state index contributed by atoms with van der Waals surface area (Å²) in [7, 11) is 0. The van der Waals surface area contributed by atoms with E-state index in [1.807, 2.05) is 0 Å². The molecule has 1 aromatic rings. The average Bonchev–Trinajstić information content (AvgIpc) is 2.84. The lowest BCUT2D eigenvalue weighted by Gasteiger charge is -2.19. The van der Waals surface area contributed by atoms with E-state index in [0.29, 0.717) is 44.4 Å². The van der Waals surface area contributed by atoms with E-state index in [1.54, 1.807) is 0 Å². The molecule has 100 valence electrons. The smallest absolute Gasteiger partial charge is 0.303 e. The maximum absolute atomic E-state index is 10.3. The lowest BCUT2D eigenvalue weighted by Crippen LogP contribution is -2.22. The Balaban J connectivity index is 1.76. The van der Waals surface area contributed by atoms with Crippen LogP contribution in [0.4, 0.5) is 0 Å². The second-order valence-electron chi connectivity index (χ2n) is 4.08. The highest BCUT2D eigenvalue weighted by molar-refractivity contribution is 5.66. The number of carboxylic acid groups (broad SMARTS) is 1. The van der Waals surface area contributed by atoms with Crippen LogP contribution in [0.1, 0.15) is 37.1 Å². The Kier molecular flexibility index (Phi) is 4.66. The Bertz CT molecular complexity index is 387. The monoisotopic (exact) mass is 256 g/mol. The third-order valence-corrected chi connectivity index (χ3v) is 2.62. The van der Waals surface area contributed by atoms with E-state index < -0.39 is 5.97 Å². The van der Waals surface area contributed by atoms with Gasteiger partial charge in [0.2, 0.25) is 11.7 Å². The van der Waals surface area contributed by atoms with Crippen LogP contribution in [-0.4, -0.2) is 41.0 Å². The van der Waals surface area contributed by atoms with Gasteiger partial charge in [-0.25, -0.2) is 0 Å². The Morgan fingerprint density at radius 1 is 1.39 bits per heavy atom. The minimum atomic E-state index is -0.783. The van der Waals surface area contributed by atoms with Gasteiger partial charge in [0, 0.05) is 12.8 Å². The highest BCUT2D eigenvalue weighted by Gasteiger charge is 2.22. The van der Waals surface area contributed by atoms with Crippen molar-refractivity contribution in [3.05, 3.63) is 11.7 Å². The molecule has 18 heavy (non-hydrogen) atoms. The van der Waals surface area contributed by atoms with Crippen LogP contribution in [0.3, 0.4) is 0 Å².